The summed E-state index contributed by atoms with van der Waals surface area (Å²) in [7, 11) is 2.18. The fourth-order valence-electron chi connectivity index (χ4n) is 4.28. The second-order valence-electron chi connectivity index (χ2n) is 7.93. The first-order valence-electron chi connectivity index (χ1n) is 10.3. The molecule has 4 rings (SSSR count). The lowest BCUT2D eigenvalue weighted by molar-refractivity contribution is 0.114. The van der Waals surface area contributed by atoms with Crippen molar-refractivity contribution < 1.29 is 4.79 Å². The van der Waals surface area contributed by atoms with Crippen molar-refractivity contribution in [2.75, 3.05) is 46.3 Å². The second kappa shape index (κ2) is 8.76. The van der Waals surface area contributed by atoms with Crippen LogP contribution >= 0.6 is 0 Å². The molecule has 5 nitrogen and oxygen atoms in total. The van der Waals surface area contributed by atoms with E-state index in [0.717, 1.165) is 56.8 Å². The molecule has 2 fully saturated rings. The Labute approximate surface area is 167 Å². The van der Waals surface area contributed by atoms with E-state index in [1.807, 2.05) is 41.3 Å². The third-order valence-corrected chi connectivity index (χ3v) is 6.04. The number of nitrogens with one attached hydrogen (secondary N) is 1. The van der Waals surface area contributed by atoms with Crippen LogP contribution < -0.4 is 5.32 Å². The molecular formula is C23H30N4O. The molecule has 2 aliphatic heterocycles. The molecule has 2 aliphatic rings. The molecule has 2 heterocycles. The van der Waals surface area contributed by atoms with Crippen LogP contribution in [0.15, 0.2) is 60.7 Å². The second-order valence-corrected chi connectivity index (χ2v) is 7.93. The molecular weight excluding hydrogens is 348 g/mol. The van der Waals surface area contributed by atoms with Gasteiger partial charge in [-0.15, -0.1) is 0 Å². The molecule has 1 atom stereocenters. The van der Waals surface area contributed by atoms with E-state index in [2.05, 4.69) is 46.4 Å². The number of benzene rings is 2. The number of nitrogens with zero attached hydrogens (tertiary/aromatic N) is 3. The van der Waals surface area contributed by atoms with E-state index in [-0.39, 0.29) is 12.1 Å². The zero-order valence-corrected chi connectivity index (χ0v) is 16.6. The zero-order chi connectivity index (χ0) is 19.3. The standard InChI is InChI=1S/C23H30N4O/c1-25-14-16-26(17-15-25)21-12-13-27(18-21)23(28)24-22(19-8-4-2-5-9-19)20-10-6-3-7-11-20/h2-11,21-22H,12-18H2,1H3,(H,24,28)/t21-/m0/s1. The summed E-state index contributed by atoms with van der Waals surface area (Å²) in [6, 6.07) is 20.8. The number of carbonyl (C=O) groups excluding carboxylic acids is 1. The molecule has 0 bridgehead atoms. The molecule has 5 heteroatoms. The minimum Gasteiger partial charge on any atom is -0.327 e. The fourth-order valence-corrected chi connectivity index (χ4v) is 4.28. The topological polar surface area (TPSA) is 38.8 Å². The number of amides is 2. The first kappa shape index (κ1) is 19.0. The predicted octanol–water partition coefficient (Wildman–Crippen LogP) is 2.81. The summed E-state index contributed by atoms with van der Waals surface area (Å²) < 4.78 is 0. The van der Waals surface area contributed by atoms with E-state index in [4.69, 9.17) is 0 Å². The van der Waals surface area contributed by atoms with Gasteiger partial charge in [0.05, 0.1) is 6.04 Å². The molecule has 2 amide bonds. The van der Waals surface area contributed by atoms with E-state index >= 15 is 0 Å². The van der Waals surface area contributed by atoms with Crippen LogP contribution in [-0.4, -0.2) is 73.1 Å². The first-order valence-corrected chi connectivity index (χ1v) is 10.3. The quantitative estimate of drug-likeness (QED) is 0.889. The summed E-state index contributed by atoms with van der Waals surface area (Å²) in [5.41, 5.74) is 2.22. The maximum atomic E-state index is 13.1. The third kappa shape index (κ3) is 4.37. The number of likely N-dealkylation sites (N-methyl/N-ethyl adjacent to an activating group) is 1. The van der Waals surface area contributed by atoms with Crippen molar-refractivity contribution in [3.63, 3.8) is 0 Å². The molecule has 0 aromatic heterocycles. The largest absolute Gasteiger partial charge is 0.327 e. The van der Waals surface area contributed by atoms with Crippen LogP contribution in [0.5, 0.6) is 0 Å². The molecule has 2 aromatic rings. The fraction of sp³-hybridized carbons (Fsp3) is 0.435. The molecule has 1 N–H and O–H groups in total. The number of hydrogen-bond acceptors (Lipinski definition) is 3. The smallest absolute Gasteiger partial charge is 0.318 e. The molecule has 0 unspecified atom stereocenters. The Bertz CT molecular complexity index is 719. The number of piperazine rings is 1. The average molecular weight is 379 g/mol. The van der Waals surface area contributed by atoms with Gasteiger partial charge in [0.25, 0.3) is 0 Å². The van der Waals surface area contributed by atoms with Crippen LogP contribution in [-0.2, 0) is 0 Å². The molecule has 2 saturated heterocycles. The zero-order valence-electron chi connectivity index (χ0n) is 16.6. The first-order chi connectivity index (χ1) is 13.7. The SMILES string of the molecule is CN1CCN([C@H]2CCN(C(=O)NC(c3ccccc3)c3ccccc3)C2)CC1. The van der Waals surface area contributed by atoms with Gasteiger partial charge >= 0.3 is 6.03 Å². The van der Waals surface area contributed by atoms with E-state index in [0.29, 0.717) is 6.04 Å². The van der Waals surface area contributed by atoms with Crippen molar-refractivity contribution in [2.24, 2.45) is 0 Å². The number of rotatable bonds is 4. The van der Waals surface area contributed by atoms with Crippen molar-refractivity contribution in [1.82, 2.24) is 20.0 Å². The van der Waals surface area contributed by atoms with Crippen molar-refractivity contribution in [3.8, 4) is 0 Å². The summed E-state index contributed by atoms with van der Waals surface area (Å²) in [5, 5.41) is 3.28. The Hall–Kier alpha value is -2.37. The van der Waals surface area contributed by atoms with Gasteiger partial charge in [-0.25, -0.2) is 4.79 Å². The summed E-state index contributed by atoms with van der Waals surface area (Å²) in [6.07, 6.45) is 1.07. The molecule has 2 aromatic carbocycles. The van der Waals surface area contributed by atoms with Crippen molar-refractivity contribution in [1.29, 1.82) is 0 Å². The Balaban J connectivity index is 1.42. The van der Waals surface area contributed by atoms with Crippen LogP contribution in [0.25, 0.3) is 0 Å². The molecule has 0 radical (unpaired) electrons. The van der Waals surface area contributed by atoms with Gasteiger partial charge in [-0.05, 0) is 24.6 Å². The minimum absolute atomic E-state index is 0.0364. The lowest BCUT2D eigenvalue weighted by atomic mass is 9.99. The number of carbonyl (C=O) groups is 1. The van der Waals surface area contributed by atoms with Gasteiger partial charge in [-0.1, -0.05) is 60.7 Å². The van der Waals surface area contributed by atoms with Crippen molar-refractivity contribution in [2.45, 2.75) is 18.5 Å². The molecule has 148 valence electrons. The van der Waals surface area contributed by atoms with Gasteiger partial charge in [0.2, 0.25) is 0 Å². The number of urea groups is 1. The highest BCUT2D eigenvalue weighted by Crippen LogP contribution is 2.23. The van der Waals surface area contributed by atoms with Crippen LogP contribution in [0.3, 0.4) is 0 Å². The molecule has 0 saturated carbocycles. The lowest BCUT2D eigenvalue weighted by Gasteiger charge is -2.36. The van der Waals surface area contributed by atoms with Crippen LogP contribution in [0.2, 0.25) is 0 Å². The summed E-state index contributed by atoms with van der Waals surface area (Å²) in [4.78, 5) is 20.0. The monoisotopic (exact) mass is 378 g/mol. The van der Waals surface area contributed by atoms with Crippen molar-refractivity contribution in [3.05, 3.63) is 71.8 Å². The van der Waals surface area contributed by atoms with E-state index in [1.165, 1.54) is 0 Å². The Morgan fingerprint density at radius 2 is 1.46 bits per heavy atom. The summed E-state index contributed by atoms with van der Waals surface area (Å²) in [5.74, 6) is 0. The normalized spacial score (nSPS) is 21.2. The van der Waals surface area contributed by atoms with Gasteiger partial charge in [-0.2, -0.15) is 0 Å². The van der Waals surface area contributed by atoms with Gasteiger partial charge in [-0.3, -0.25) is 4.90 Å². The summed E-state index contributed by atoms with van der Waals surface area (Å²) >= 11 is 0. The highest BCUT2D eigenvalue weighted by molar-refractivity contribution is 5.75. The molecule has 0 spiro atoms. The van der Waals surface area contributed by atoms with Gasteiger partial charge in [0, 0.05) is 45.3 Å². The predicted molar refractivity (Wildman–Crippen MR) is 112 cm³/mol. The minimum atomic E-state index is -0.127. The Morgan fingerprint density at radius 1 is 0.893 bits per heavy atom. The molecule has 28 heavy (non-hydrogen) atoms. The summed E-state index contributed by atoms with van der Waals surface area (Å²) in [6.45, 7) is 6.10. The maximum Gasteiger partial charge on any atom is 0.318 e. The van der Waals surface area contributed by atoms with E-state index < -0.39 is 0 Å². The van der Waals surface area contributed by atoms with Gasteiger partial charge in [0.1, 0.15) is 0 Å². The van der Waals surface area contributed by atoms with Crippen LogP contribution in [0, 0.1) is 0 Å². The average Bonchev–Trinajstić information content (AvgIpc) is 3.24. The van der Waals surface area contributed by atoms with E-state index in [9.17, 15) is 4.79 Å². The van der Waals surface area contributed by atoms with Gasteiger partial charge < -0.3 is 15.1 Å². The van der Waals surface area contributed by atoms with E-state index in [1.54, 1.807) is 0 Å². The Kier molecular flexibility index (Phi) is 5.93. The number of likely N-dealkylation sites (tertiary alicyclic amines) is 1. The van der Waals surface area contributed by atoms with Gasteiger partial charge in [0.15, 0.2) is 0 Å². The highest BCUT2D eigenvalue weighted by atomic mass is 16.2. The van der Waals surface area contributed by atoms with Crippen molar-refractivity contribution >= 4 is 6.03 Å². The third-order valence-electron chi connectivity index (χ3n) is 6.04. The number of hydrogen-bond donors (Lipinski definition) is 1. The highest BCUT2D eigenvalue weighted by Gasteiger charge is 2.32. The van der Waals surface area contributed by atoms with Crippen LogP contribution in [0.4, 0.5) is 4.79 Å². The van der Waals surface area contributed by atoms with Crippen LogP contribution in [0.1, 0.15) is 23.6 Å². The lowest BCUT2D eigenvalue weighted by Crippen LogP contribution is -2.50. The molecule has 0 aliphatic carbocycles. The Morgan fingerprint density at radius 3 is 2.04 bits per heavy atom. The maximum absolute atomic E-state index is 13.1.